The van der Waals surface area contributed by atoms with Gasteiger partial charge in [0, 0.05) is 39.4 Å². The second-order valence-electron chi connectivity index (χ2n) is 11.2. The summed E-state index contributed by atoms with van der Waals surface area (Å²) in [4.78, 5) is 14.3. The van der Waals surface area contributed by atoms with Crippen molar-refractivity contribution in [2.24, 2.45) is 5.41 Å². The van der Waals surface area contributed by atoms with Gasteiger partial charge in [0.15, 0.2) is 0 Å². The summed E-state index contributed by atoms with van der Waals surface area (Å²) in [5, 5.41) is 11.1. The quantitative estimate of drug-likeness (QED) is 0.218. The van der Waals surface area contributed by atoms with E-state index in [1.807, 2.05) is 6.92 Å². The minimum Gasteiger partial charge on any atom is -0.481 e. The molecule has 8 heteroatoms. The van der Waals surface area contributed by atoms with Crippen molar-refractivity contribution in [2.45, 2.75) is 76.6 Å². The van der Waals surface area contributed by atoms with Gasteiger partial charge in [-0.25, -0.2) is 0 Å². The van der Waals surface area contributed by atoms with Crippen molar-refractivity contribution in [3.63, 3.8) is 0 Å². The van der Waals surface area contributed by atoms with Crippen LogP contribution < -0.4 is 4.74 Å². The van der Waals surface area contributed by atoms with E-state index in [1.165, 1.54) is 17.7 Å². The van der Waals surface area contributed by atoms with Gasteiger partial charge in [0.2, 0.25) is 0 Å². The van der Waals surface area contributed by atoms with Crippen LogP contribution in [0.2, 0.25) is 0 Å². The van der Waals surface area contributed by atoms with Gasteiger partial charge in [0.1, 0.15) is 5.75 Å². The highest BCUT2D eigenvalue weighted by Gasteiger charge is 2.33. The van der Waals surface area contributed by atoms with E-state index >= 15 is 0 Å². The van der Waals surface area contributed by atoms with E-state index in [1.54, 1.807) is 37.7 Å². The first kappa shape index (κ1) is 29.6. The lowest BCUT2D eigenvalue weighted by atomic mass is 9.88. The summed E-state index contributed by atoms with van der Waals surface area (Å²) < 4.78 is 44.2. The molecule has 3 aromatic carbocycles. The summed E-state index contributed by atoms with van der Waals surface area (Å²) >= 11 is 1.64. The monoisotopic (exact) mass is 569 g/mol. The topological polar surface area (TPSA) is 51.5 Å². The predicted octanol–water partition coefficient (Wildman–Crippen LogP) is 9.13. The van der Waals surface area contributed by atoms with E-state index in [-0.39, 0.29) is 12.2 Å². The Kier molecular flexibility index (Phi) is 8.31. The van der Waals surface area contributed by atoms with Crippen LogP contribution >= 0.6 is 11.8 Å². The Hall–Kier alpha value is -3.39. The van der Waals surface area contributed by atoms with Gasteiger partial charge in [-0.15, -0.1) is 13.2 Å². The summed E-state index contributed by atoms with van der Waals surface area (Å²) in [6.07, 6.45) is -4.49. The van der Waals surface area contributed by atoms with Gasteiger partial charge < -0.3 is 14.4 Å². The molecule has 0 radical (unpaired) electrons. The standard InChI is InChI=1S/C32H34F3NO3S/c1-19(2)23-11-14-26-25(16-23)29(40-28-15-20(3)7-8-21(28)4)27(17-31(5,6)30(37)38)36(26)18-22-9-12-24(13-10-22)39-32(33,34)35/h7-16,19H,17-18H2,1-6H3,(H,37,38). The van der Waals surface area contributed by atoms with Crippen LogP contribution in [0.1, 0.15) is 61.6 Å². The molecule has 1 aromatic heterocycles. The molecule has 4 nitrogen and oxygen atoms in total. The van der Waals surface area contributed by atoms with E-state index in [9.17, 15) is 23.1 Å². The number of rotatable bonds is 9. The number of hydrogen-bond acceptors (Lipinski definition) is 3. The molecular weight excluding hydrogens is 535 g/mol. The Labute approximate surface area is 237 Å². The first-order chi connectivity index (χ1) is 18.6. The molecule has 0 amide bonds. The largest absolute Gasteiger partial charge is 0.573 e. The number of alkyl halides is 3. The fraction of sp³-hybridized carbons (Fsp3) is 0.344. The Balaban J connectivity index is 1.92. The molecule has 212 valence electrons. The van der Waals surface area contributed by atoms with Crippen molar-refractivity contribution < 1.29 is 27.8 Å². The fourth-order valence-corrected chi connectivity index (χ4v) is 5.89. The molecule has 0 saturated carbocycles. The average Bonchev–Trinajstić information content (AvgIpc) is 3.12. The number of nitrogens with zero attached hydrogens (tertiary/aromatic N) is 1. The maximum atomic E-state index is 12.7. The third-order valence-corrected chi connectivity index (χ3v) is 8.37. The third-order valence-electron chi connectivity index (χ3n) is 7.05. The van der Waals surface area contributed by atoms with E-state index in [0.717, 1.165) is 43.1 Å². The molecule has 0 spiro atoms. The maximum absolute atomic E-state index is 12.7. The molecule has 1 heterocycles. The minimum absolute atomic E-state index is 0.274. The van der Waals surface area contributed by atoms with Gasteiger partial charge in [-0.2, -0.15) is 0 Å². The lowest BCUT2D eigenvalue weighted by molar-refractivity contribution is -0.274. The van der Waals surface area contributed by atoms with Crippen molar-refractivity contribution in [1.29, 1.82) is 0 Å². The fourth-order valence-electron chi connectivity index (χ4n) is 4.62. The number of ether oxygens (including phenoxy) is 1. The Bertz CT molecular complexity index is 1540. The highest BCUT2D eigenvalue weighted by molar-refractivity contribution is 7.99. The van der Waals surface area contributed by atoms with Crippen LogP contribution in [-0.4, -0.2) is 22.0 Å². The summed E-state index contributed by atoms with van der Waals surface area (Å²) in [6, 6.07) is 18.5. The minimum atomic E-state index is -4.76. The van der Waals surface area contributed by atoms with Crippen molar-refractivity contribution in [2.75, 3.05) is 0 Å². The van der Waals surface area contributed by atoms with Crippen molar-refractivity contribution >= 4 is 28.6 Å². The number of fused-ring (bicyclic) bond motifs is 1. The van der Waals surface area contributed by atoms with E-state index in [2.05, 4.69) is 66.5 Å². The summed E-state index contributed by atoms with van der Waals surface area (Å²) in [7, 11) is 0. The Morgan fingerprint density at radius 2 is 1.68 bits per heavy atom. The second-order valence-corrected chi connectivity index (χ2v) is 12.3. The van der Waals surface area contributed by atoms with Crippen molar-refractivity contribution in [3.05, 3.63) is 88.6 Å². The third kappa shape index (κ3) is 6.66. The van der Waals surface area contributed by atoms with Crippen LogP contribution in [0.5, 0.6) is 5.75 Å². The van der Waals surface area contributed by atoms with Gasteiger partial charge in [0.25, 0.3) is 0 Å². The highest BCUT2D eigenvalue weighted by atomic mass is 32.2. The van der Waals surface area contributed by atoms with Crippen LogP contribution in [-0.2, 0) is 17.8 Å². The van der Waals surface area contributed by atoms with Gasteiger partial charge in [0.05, 0.1) is 5.41 Å². The van der Waals surface area contributed by atoms with Crippen LogP contribution in [0.15, 0.2) is 70.5 Å². The number of aryl methyl sites for hydroxylation is 2. The van der Waals surface area contributed by atoms with Gasteiger partial charge in [-0.05, 0) is 86.2 Å². The zero-order chi connectivity index (χ0) is 29.4. The van der Waals surface area contributed by atoms with Crippen LogP contribution in [0, 0.1) is 19.3 Å². The molecule has 0 atom stereocenters. The summed E-state index contributed by atoms with van der Waals surface area (Å²) in [5.74, 6) is -0.886. The molecule has 0 unspecified atom stereocenters. The van der Waals surface area contributed by atoms with Gasteiger partial charge in [-0.3, -0.25) is 4.79 Å². The molecular formula is C32H34F3NO3S. The summed E-state index contributed by atoms with van der Waals surface area (Å²) in [5.41, 5.74) is 4.98. The maximum Gasteiger partial charge on any atom is 0.573 e. The zero-order valence-corrected chi connectivity index (χ0v) is 24.3. The number of halogens is 3. The Morgan fingerprint density at radius 1 is 1.00 bits per heavy atom. The Morgan fingerprint density at radius 3 is 2.27 bits per heavy atom. The van der Waals surface area contributed by atoms with Crippen LogP contribution in [0.3, 0.4) is 0 Å². The highest BCUT2D eigenvalue weighted by Crippen LogP contribution is 2.43. The number of aromatic nitrogens is 1. The molecule has 4 aromatic rings. The molecule has 4 rings (SSSR count). The SMILES string of the molecule is Cc1ccc(C)c(Sc2c(CC(C)(C)C(=O)O)n(Cc3ccc(OC(F)(F)F)cc3)c3ccc(C(C)C)cc23)c1. The molecule has 0 bridgehead atoms. The van der Waals surface area contributed by atoms with Crippen molar-refractivity contribution in [3.8, 4) is 5.75 Å². The molecule has 0 fully saturated rings. The van der Waals surface area contributed by atoms with Crippen LogP contribution in [0.25, 0.3) is 10.9 Å². The van der Waals surface area contributed by atoms with Crippen molar-refractivity contribution in [1.82, 2.24) is 4.57 Å². The summed E-state index contributed by atoms with van der Waals surface area (Å²) in [6.45, 7) is 12.2. The first-order valence-electron chi connectivity index (χ1n) is 13.1. The number of carbonyl (C=O) groups is 1. The van der Waals surface area contributed by atoms with E-state index in [4.69, 9.17) is 0 Å². The predicted molar refractivity (Wildman–Crippen MR) is 153 cm³/mol. The van der Waals surface area contributed by atoms with E-state index < -0.39 is 17.7 Å². The molecule has 1 N–H and O–H groups in total. The van der Waals surface area contributed by atoms with E-state index in [0.29, 0.717) is 12.5 Å². The van der Waals surface area contributed by atoms with Gasteiger partial charge in [-0.1, -0.05) is 55.9 Å². The van der Waals surface area contributed by atoms with Crippen LogP contribution in [0.4, 0.5) is 13.2 Å². The number of hydrogen-bond donors (Lipinski definition) is 1. The molecule has 0 aliphatic carbocycles. The molecule has 0 aliphatic heterocycles. The lowest BCUT2D eigenvalue weighted by Crippen LogP contribution is -2.27. The lowest BCUT2D eigenvalue weighted by Gasteiger charge is -2.22. The molecule has 0 saturated heterocycles. The number of aliphatic carboxylic acids is 1. The number of carboxylic acids is 1. The molecule has 40 heavy (non-hydrogen) atoms. The normalized spacial score (nSPS) is 12.3. The number of carboxylic acid groups (broad SMARTS) is 1. The molecule has 0 aliphatic rings. The van der Waals surface area contributed by atoms with Gasteiger partial charge >= 0.3 is 12.3 Å². The smallest absolute Gasteiger partial charge is 0.481 e. The number of benzene rings is 3. The first-order valence-corrected chi connectivity index (χ1v) is 13.9. The zero-order valence-electron chi connectivity index (χ0n) is 23.5. The average molecular weight is 570 g/mol. The second kappa shape index (κ2) is 11.2.